The third-order valence-electron chi connectivity index (χ3n) is 4.36. The molecule has 0 amide bonds. The number of hydrogen-bond acceptors (Lipinski definition) is 6. The third kappa shape index (κ3) is 3.53. The van der Waals surface area contributed by atoms with Crippen LogP contribution in [0, 0.1) is 0 Å². The van der Waals surface area contributed by atoms with E-state index in [-0.39, 0.29) is 6.61 Å². The first kappa shape index (κ1) is 17.6. The predicted molar refractivity (Wildman–Crippen MR) is 104 cm³/mol. The zero-order chi connectivity index (χ0) is 19.5. The van der Waals surface area contributed by atoms with E-state index in [0.29, 0.717) is 11.1 Å². The molecule has 6 nitrogen and oxygen atoms in total. The number of carbonyl (C=O) groups excluding carboxylic acids is 2. The number of nitrogens with zero attached hydrogens (tertiary/aromatic N) is 2. The molecule has 2 aromatic carbocycles. The monoisotopic (exact) mass is 372 g/mol. The van der Waals surface area contributed by atoms with Crippen molar-refractivity contribution in [3.05, 3.63) is 83.7 Å². The Bertz CT molecular complexity index is 1200. The predicted octanol–water partition coefficient (Wildman–Crippen LogP) is 3.93. The van der Waals surface area contributed by atoms with Crippen LogP contribution in [-0.4, -0.2) is 29.0 Å². The quantitative estimate of drug-likeness (QED) is 0.505. The van der Waals surface area contributed by atoms with Gasteiger partial charge in [-0.05, 0) is 35.9 Å². The lowest BCUT2D eigenvalue weighted by Gasteiger charge is -2.07. The zero-order valence-corrected chi connectivity index (χ0v) is 15.1. The number of benzene rings is 2. The van der Waals surface area contributed by atoms with Gasteiger partial charge in [0.2, 0.25) is 0 Å². The largest absolute Gasteiger partial charge is 0.465 e. The van der Waals surface area contributed by atoms with Crippen molar-refractivity contribution < 1.29 is 19.1 Å². The maximum absolute atomic E-state index is 12.4. The number of pyridine rings is 2. The van der Waals surface area contributed by atoms with Crippen molar-refractivity contribution >= 4 is 33.7 Å². The lowest BCUT2D eigenvalue weighted by molar-refractivity contribution is 0.0472. The van der Waals surface area contributed by atoms with Crippen molar-refractivity contribution in [2.45, 2.75) is 6.61 Å². The van der Waals surface area contributed by atoms with Gasteiger partial charge in [-0.25, -0.2) is 9.59 Å². The molecule has 0 saturated heterocycles. The number of methoxy groups -OCH3 is 1. The number of rotatable bonds is 4. The summed E-state index contributed by atoms with van der Waals surface area (Å²) in [6.07, 6.45) is 2.98. The van der Waals surface area contributed by atoms with E-state index in [1.165, 1.54) is 19.5 Å². The fourth-order valence-corrected chi connectivity index (χ4v) is 2.92. The molecule has 138 valence electrons. The highest BCUT2D eigenvalue weighted by Crippen LogP contribution is 2.18. The number of esters is 2. The standard InChI is InChI=1S/C22H16N2O4/c1-27-21(25)17-10-16-8-14(6-7-20(16)24-11-17)13-28-22(26)18-9-15-4-2-3-5-19(15)23-12-18/h2-12H,13H2,1H3. The Balaban J connectivity index is 1.52. The van der Waals surface area contributed by atoms with Crippen LogP contribution >= 0.6 is 0 Å². The average molecular weight is 372 g/mol. The molecule has 0 unspecified atom stereocenters. The van der Waals surface area contributed by atoms with Crippen LogP contribution in [0.2, 0.25) is 0 Å². The first-order valence-electron chi connectivity index (χ1n) is 8.63. The number of para-hydroxylation sites is 1. The molecule has 0 fully saturated rings. The van der Waals surface area contributed by atoms with Gasteiger partial charge in [-0.2, -0.15) is 0 Å². The lowest BCUT2D eigenvalue weighted by atomic mass is 10.1. The van der Waals surface area contributed by atoms with Gasteiger partial charge in [0.15, 0.2) is 0 Å². The topological polar surface area (TPSA) is 78.4 Å². The molecule has 6 heteroatoms. The van der Waals surface area contributed by atoms with Gasteiger partial charge in [-0.1, -0.05) is 24.3 Å². The summed E-state index contributed by atoms with van der Waals surface area (Å²) in [4.78, 5) is 32.6. The average Bonchev–Trinajstić information content (AvgIpc) is 2.75. The fourth-order valence-electron chi connectivity index (χ4n) is 2.92. The van der Waals surface area contributed by atoms with Gasteiger partial charge in [-0.15, -0.1) is 0 Å². The maximum atomic E-state index is 12.4. The SMILES string of the molecule is COC(=O)c1cnc2ccc(COC(=O)c3cnc4ccccc4c3)cc2c1. The van der Waals surface area contributed by atoms with Crippen molar-refractivity contribution in [3.63, 3.8) is 0 Å². The summed E-state index contributed by atoms with van der Waals surface area (Å²) in [6, 6.07) is 16.5. The van der Waals surface area contributed by atoms with Crippen LogP contribution in [0.3, 0.4) is 0 Å². The Morgan fingerprint density at radius 3 is 2.29 bits per heavy atom. The Kier molecular flexibility index (Phi) is 4.68. The minimum atomic E-state index is -0.449. The summed E-state index contributed by atoms with van der Waals surface area (Å²) in [5.74, 6) is -0.894. The second kappa shape index (κ2) is 7.44. The summed E-state index contributed by atoms with van der Waals surface area (Å²) < 4.78 is 10.1. The van der Waals surface area contributed by atoms with Crippen molar-refractivity contribution in [3.8, 4) is 0 Å². The van der Waals surface area contributed by atoms with Gasteiger partial charge in [-0.3, -0.25) is 9.97 Å². The maximum Gasteiger partial charge on any atom is 0.340 e. The van der Waals surface area contributed by atoms with Crippen molar-refractivity contribution in [1.82, 2.24) is 9.97 Å². The summed E-state index contributed by atoms with van der Waals surface area (Å²) in [5.41, 5.74) is 3.11. The highest BCUT2D eigenvalue weighted by atomic mass is 16.5. The molecule has 0 saturated carbocycles. The van der Waals surface area contributed by atoms with Crippen LogP contribution in [-0.2, 0) is 16.1 Å². The first-order valence-corrected chi connectivity index (χ1v) is 8.63. The van der Waals surface area contributed by atoms with Gasteiger partial charge in [0.1, 0.15) is 6.61 Å². The van der Waals surface area contributed by atoms with Crippen LogP contribution in [0.1, 0.15) is 26.3 Å². The minimum absolute atomic E-state index is 0.101. The van der Waals surface area contributed by atoms with E-state index in [4.69, 9.17) is 9.47 Å². The van der Waals surface area contributed by atoms with E-state index in [0.717, 1.165) is 27.4 Å². The van der Waals surface area contributed by atoms with E-state index >= 15 is 0 Å². The number of carbonyl (C=O) groups is 2. The normalized spacial score (nSPS) is 10.8. The van der Waals surface area contributed by atoms with Crippen LogP contribution in [0.4, 0.5) is 0 Å². The van der Waals surface area contributed by atoms with Gasteiger partial charge >= 0.3 is 11.9 Å². The molecule has 0 aliphatic heterocycles. The van der Waals surface area contributed by atoms with Gasteiger partial charge < -0.3 is 9.47 Å². The molecule has 0 bridgehead atoms. The molecule has 0 aliphatic rings. The smallest absolute Gasteiger partial charge is 0.340 e. The van der Waals surface area contributed by atoms with E-state index in [9.17, 15) is 9.59 Å². The Morgan fingerprint density at radius 1 is 0.821 bits per heavy atom. The summed E-state index contributed by atoms with van der Waals surface area (Å²) >= 11 is 0. The first-order chi connectivity index (χ1) is 13.6. The Morgan fingerprint density at radius 2 is 1.50 bits per heavy atom. The van der Waals surface area contributed by atoms with E-state index in [1.54, 1.807) is 12.1 Å². The molecule has 2 aromatic heterocycles. The molecular weight excluding hydrogens is 356 g/mol. The Labute approximate surface area is 160 Å². The number of ether oxygens (including phenoxy) is 2. The van der Waals surface area contributed by atoms with Crippen LogP contribution < -0.4 is 0 Å². The molecule has 4 aromatic rings. The summed E-state index contributed by atoms with van der Waals surface area (Å²) in [7, 11) is 1.32. The van der Waals surface area contributed by atoms with Crippen LogP contribution in [0.25, 0.3) is 21.8 Å². The van der Waals surface area contributed by atoms with Crippen molar-refractivity contribution in [1.29, 1.82) is 0 Å². The van der Waals surface area contributed by atoms with E-state index < -0.39 is 11.9 Å². The van der Waals surface area contributed by atoms with Gasteiger partial charge in [0.05, 0.1) is 29.3 Å². The number of aromatic nitrogens is 2. The summed E-state index contributed by atoms with van der Waals surface area (Å²) in [6.45, 7) is 0.101. The van der Waals surface area contributed by atoms with E-state index in [2.05, 4.69) is 9.97 Å². The van der Waals surface area contributed by atoms with Crippen LogP contribution in [0.15, 0.2) is 67.0 Å². The van der Waals surface area contributed by atoms with E-state index in [1.807, 2.05) is 42.5 Å². The van der Waals surface area contributed by atoms with Gasteiger partial charge in [0.25, 0.3) is 0 Å². The van der Waals surface area contributed by atoms with Crippen molar-refractivity contribution in [2.24, 2.45) is 0 Å². The highest BCUT2D eigenvalue weighted by Gasteiger charge is 2.11. The molecule has 28 heavy (non-hydrogen) atoms. The Hall–Kier alpha value is -3.80. The fraction of sp³-hybridized carbons (Fsp3) is 0.0909. The number of fused-ring (bicyclic) bond motifs is 2. The second-order valence-corrected chi connectivity index (χ2v) is 6.24. The number of hydrogen-bond donors (Lipinski definition) is 0. The summed E-state index contributed by atoms with van der Waals surface area (Å²) in [5, 5.41) is 1.65. The molecule has 0 radical (unpaired) electrons. The van der Waals surface area contributed by atoms with Crippen LogP contribution in [0.5, 0.6) is 0 Å². The molecule has 2 heterocycles. The zero-order valence-electron chi connectivity index (χ0n) is 15.1. The second-order valence-electron chi connectivity index (χ2n) is 6.24. The molecule has 0 N–H and O–H groups in total. The molecule has 0 aliphatic carbocycles. The highest BCUT2D eigenvalue weighted by molar-refractivity contribution is 5.94. The molecule has 0 atom stereocenters. The molecular formula is C22H16N2O4. The molecule has 4 rings (SSSR count). The lowest BCUT2D eigenvalue weighted by Crippen LogP contribution is -2.06. The third-order valence-corrected chi connectivity index (χ3v) is 4.36. The van der Waals surface area contributed by atoms with Crippen molar-refractivity contribution in [2.75, 3.05) is 7.11 Å². The van der Waals surface area contributed by atoms with Gasteiger partial charge in [0, 0.05) is 23.2 Å². The molecule has 0 spiro atoms. The minimum Gasteiger partial charge on any atom is -0.465 e.